The Balaban J connectivity index is 2.04. The molecule has 1 nitrogen and oxygen atoms in total. The number of benzene rings is 1. The van der Waals surface area contributed by atoms with Crippen molar-refractivity contribution in [1.29, 1.82) is 0 Å². The predicted molar refractivity (Wildman–Crippen MR) is 68.6 cm³/mol. The van der Waals surface area contributed by atoms with Crippen molar-refractivity contribution < 1.29 is 4.74 Å². The summed E-state index contributed by atoms with van der Waals surface area (Å²) in [5.74, 6) is 1.52. The molecule has 0 radical (unpaired) electrons. The van der Waals surface area contributed by atoms with Crippen LogP contribution in [0.1, 0.15) is 36.6 Å². The van der Waals surface area contributed by atoms with Gasteiger partial charge in [0.2, 0.25) is 0 Å². The van der Waals surface area contributed by atoms with Gasteiger partial charge in [0.25, 0.3) is 0 Å². The average Bonchev–Trinajstić information content (AvgIpc) is 2.23. The topological polar surface area (TPSA) is 9.23 Å². The largest absolute Gasteiger partial charge is 0.495 e. The first-order chi connectivity index (χ1) is 7.70. The third-order valence-electron chi connectivity index (χ3n) is 3.30. The lowest BCUT2D eigenvalue weighted by Crippen LogP contribution is -2.12. The first-order valence-corrected chi connectivity index (χ1v) is 6.49. The van der Waals surface area contributed by atoms with E-state index in [0.717, 1.165) is 17.9 Å². The number of methoxy groups -OCH3 is 1. The van der Waals surface area contributed by atoms with Crippen LogP contribution in [0, 0.1) is 5.92 Å². The second-order valence-electron chi connectivity index (χ2n) is 4.39. The maximum atomic E-state index is 6.38. The van der Waals surface area contributed by atoms with Crippen molar-refractivity contribution in [2.45, 2.75) is 31.1 Å². The SMILES string of the molecule is COc1ccc(C(Cl)CC2CCC2)cc1Cl. The third-order valence-corrected chi connectivity index (χ3v) is 4.03. The molecule has 0 aliphatic heterocycles. The quantitative estimate of drug-likeness (QED) is 0.704. The summed E-state index contributed by atoms with van der Waals surface area (Å²) in [7, 11) is 1.62. The Bertz CT molecular complexity index is 361. The Kier molecular flexibility index (Phi) is 3.99. The normalized spacial score (nSPS) is 17.9. The first-order valence-electron chi connectivity index (χ1n) is 5.68. The van der Waals surface area contributed by atoms with Crippen LogP contribution in [0.3, 0.4) is 0 Å². The van der Waals surface area contributed by atoms with Crippen LogP contribution in [0.2, 0.25) is 5.02 Å². The lowest BCUT2D eigenvalue weighted by molar-refractivity contribution is 0.293. The van der Waals surface area contributed by atoms with Gasteiger partial charge in [-0.15, -0.1) is 11.6 Å². The Morgan fingerprint density at radius 1 is 1.44 bits per heavy atom. The van der Waals surface area contributed by atoms with E-state index in [1.807, 2.05) is 18.2 Å². The summed E-state index contributed by atoms with van der Waals surface area (Å²) >= 11 is 12.5. The van der Waals surface area contributed by atoms with E-state index >= 15 is 0 Å². The molecule has 0 N–H and O–H groups in total. The van der Waals surface area contributed by atoms with Gasteiger partial charge in [0.05, 0.1) is 17.5 Å². The van der Waals surface area contributed by atoms with Crippen molar-refractivity contribution in [3.05, 3.63) is 28.8 Å². The van der Waals surface area contributed by atoms with Crippen LogP contribution >= 0.6 is 23.2 Å². The standard InChI is InChI=1S/C13H16Cl2O/c1-16-13-6-5-10(8-12(13)15)11(14)7-9-3-2-4-9/h5-6,8-9,11H,2-4,7H2,1H3. The van der Waals surface area contributed by atoms with Crippen molar-refractivity contribution in [3.8, 4) is 5.75 Å². The molecule has 0 spiro atoms. The lowest BCUT2D eigenvalue weighted by Gasteiger charge is -2.27. The molecule has 1 atom stereocenters. The van der Waals surface area contributed by atoms with Crippen molar-refractivity contribution in [2.75, 3.05) is 7.11 Å². The minimum absolute atomic E-state index is 0.0775. The zero-order chi connectivity index (χ0) is 11.5. The van der Waals surface area contributed by atoms with Gasteiger partial charge in [0.1, 0.15) is 5.75 Å². The second-order valence-corrected chi connectivity index (χ2v) is 5.33. The van der Waals surface area contributed by atoms with Crippen LogP contribution in [-0.2, 0) is 0 Å². The van der Waals surface area contributed by atoms with Gasteiger partial charge in [0, 0.05) is 0 Å². The lowest BCUT2D eigenvalue weighted by atomic mass is 9.81. The summed E-state index contributed by atoms with van der Waals surface area (Å²) < 4.78 is 5.12. The van der Waals surface area contributed by atoms with Crippen molar-refractivity contribution >= 4 is 23.2 Å². The fourth-order valence-corrected chi connectivity index (χ4v) is 2.69. The van der Waals surface area contributed by atoms with E-state index in [1.165, 1.54) is 19.3 Å². The Hall–Kier alpha value is -0.400. The summed E-state index contributed by atoms with van der Waals surface area (Å²) in [5.41, 5.74) is 1.10. The maximum Gasteiger partial charge on any atom is 0.137 e. The highest BCUT2D eigenvalue weighted by Gasteiger charge is 2.22. The molecule has 3 heteroatoms. The van der Waals surface area contributed by atoms with Crippen LogP contribution in [-0.4, -0.2) is 7.11 Å². The van der Waals surface area contributed by atoms with E-state index in [4.69, 9.17) is 27.9 Å². The molecule has 0 amide bonds. The molecule has 0 bridgehead atoms. The number of ether oxygens (including phenoxy) is 1. The number of hydrogen-bond donors (Lipinski definition) is 0. The van der Waals surface area contributed by atoms with Gasteiger partial charge in [-0.3, -0.25) is 0 Å². The fourth-order valence-electron chi connectivity index (χ4n) is 2.03. The van der Waals surface area contributed by atoms with Gasteiger partial charge >= 0.3 is 0 Å². The summed E-state index contributed by atoms with van der Waals surface area (Å²) in [6, 6.07) is 5.80. The fraction of sp³-hybridized carbons (Fsp3) is 0.538. The van der Waals surface area contributed by atoms with Crippen molar-refractivity contribution in [1.82, 2.24) is 0 Å². The molecule has 1 aliphatic carbocycles. The zero-order valence-electron chi connectivity index (χ0n) is 9.38. The van der Waals surface area contributed by atoms with E-state index in [9.17, 15) is 0 Å². The molecule has 0 aromatic heterocycles. The van der Waals surface area contributed by atoms with E-state index in [1.54, 1.807) is 7.11 Å². The third kappa shape index (κ3) is 2.64. The van der Waals surface area contributed by atoms with Gasteiger partial charge in [-0.25, -0.2) is 0 Å². The number of alkyl halides is 1. The smallest absolute Gasteiger partial charge is 0.137 e. The number of halogens is 2. The summed E-state index contributed by atoms with van der Waals surface area (Å²) in [6.45, 7) is 0. The van der Waals surface area contributed by atoms with Gasteiger partial charge in [-0.05, 0) is 30.0 Å². The molecule has 1 saturated carbocycles. The highest BCUT2D eigenvalue weighted by molar-refractivity contribution is 6.32. The van der Waals surface area contributed by atoms with Crippen LogP contribution in [0.5, 0.6) is 5.75 Å². The number of hydrogen-bond acceptors (Lipinski definition) is 1. The zero-order valence-corrected chi connectivity index (χ0v) is 10.9. The molecule has 88 valence electrons. The van der Waals surface area contributed by atoms with E-state index in [0.29, 0.717) is 10.8 Å². The molecule has 2 rings (SSSR count). The molecule has 1 aromatic carbocycles. The summed E-state index contributed by atoms with van der Waals surface area (Å²) in [4.78, 5) is 0. The molecule has 0 heterocycles. The minimum Gasteiger partial charge on any atom is -0.495 e. The van der Waals surface area contributed by atoms with Gasteiger partial charge in [0.15, 0.2) is 0 Å². The summed E-state index contributed by atoms with van der Waals surface area (Å²) in [5, 5.41) is 0.716. The van der Waals surface area contributed by atoms with Crippen molar-refractivity contribution in [2.24, 2.45) is 5.92 Å². The van der Waals surface area contributed by atoms with Gasteiger partial charge in [-0.1, -0.05) is 36.9 Å². The molecular formula is C13H16Cl2O. The molecule has 0 saturated heterocycles. The molecule has 1 aliphatic rings. The highest BCUT2D eigenvalue weighted by Crippen LogP contribution is 2.39. The Labute approximate surface area is 107 Å². The van der Waals surface area contributed by atoms with Crippen LogP contribution in [0.15, 0.2) is 18.2 Å². The highest BCUT2D eigenvalue weighted by atomic mass is 35.5. The predicted octanol–water partition coefficient (Wildman–Crippen LogP) is 4.82. The first kappa shape index (κ1) is 12.1. The Morgan fingerprint density at radius 3 is 2.69 bits per heavy atom. The average molecular weight is 259 g/mol. The number of rotatable bonds is 4. The maximum absolute atomic E-state index is 6.38. The van der Waals surface area contributed by atoms with E-state index in [2.05, 4.69) is 0 Å². The van der Waals surface area contributed by atoms with E-state index in [-0.39, 0.29) is 5.38 Å². The van der Waals surface area contributed by atoms with Crippen molar-refractivity contribution in [3.63, 3.8) is 0 Å². The molecule has 16 heavy (non-hydrogen) atoms. The van der Waals surface area contributed by atoms with Crippen LogP contribution in [0.25, 0.3) is 0 Å². The second kappa shape index (κ2) is 5.29. The molecule has 1 aromatic rings. The minimum atomic E-state index is 0.0775. The molecular weight excluding hydrogens is 243 g/mol. The van der Waals surface area contributed by atoms with E-state index < -0.39 is 0 Å². The molecule has 1 fully saturated rings. The summed E-state index contributed by atoms with van der Waals surface area (Å²) in [6.07, 6.45) is 5.07. The van der Waals surface area contributed by atoms with Gasteiger partial charge in [-0.2, -0.15) is 0 Å². The molecule has 1 unspecified atom stereocenters. The van der Waals surface area contributed by atoms with Crippen LogP contribution in [0.4, 0.5) is 0 Å². The monoisotopic (exact) mass is 258 g/mol. The van der Waals surface area contributed by atoms with Crippen LogP contribution < -0.4 is 4.74 Å². The van der Waals surface area contributed by atoms with Gasteiger partial charge < -0.3 is 4.74 Å². The Morgan fingerprint density at radius 2 is 2.19 bits per heavy atom.